The van der Waals surface area contributed by atoms with Crippen molar-refractivity contribution < 1.29 is 9.53 Å². The minimum atomic E-state index is -0.568. The largest absolute Gasteiger partial charge is 0.462 e. The number of nitrogens with zero attached hydrogens (tertiary/aromatic N) is 1. The van der Waals surface area contributed by atoms with Gasteiger partial charge in [-0.2, -0.15) is 5.26 Å². The molecule has 0 aliphatic heterocycles. The molecule has 0 saturated carbocycles. The third-order valence-corrected chi connectivity index (χ3v) is 1.10. The standard InChI is InChI=1S/C9H11NO2/c1-3-5-6-8(7-10)9(11)12-4-2/h3,6H,1,4-5H2,2H3. The highest BCUT2D eigenvalue weighted by Crippen LogP contribution is 1.98. The number of carbonyl (C=O) groups excluding carboxylic acids is 1. The second-order valence-electron chi connectivity index (χ2n) is 1.97. The number of hydrogen-bond donors (Lipinski definition) is 0. The average Bonchev–Trinajstić information content (AvgIpc) is 2.06. The molecule has 3 heteroatoms. The van der Waals surface area contributed by atoms with Crippen molar-refractivity contribution in [3.63, 3.8) is 0 Å². The molecule has 0 amide bonds. The van der Waals surface area contributed by atoms with E-state index in [2.05, 4.69) is 11.3 Å². The van der Waals surface area contributed by atoms with Crippen LogP contribution >= 0.6 is 0 Å². The van der Waals surface area contributed by atoms with E-state index in [1.54, 1.807) is 19.1 Å². The molecular weight excluding hydrogens is 154 g/mol. The molecule has 0 aliphatic rings. The fourth-order valence-corrected chi connectivity index (χ4v) is 0.585. The van der Waals surface area contributed by atoms with E-state index in [4.69, 9.17) is 5.26 Å². The molecule has 0 N–H and O–H groups in total. The van der Waals surface area contributed by atoms with Crippen LogP contribution < -0.4 is 0 Å². The van der Waals surface area contributed by atoms with E-state index in [9.17, 15) is 4.79 Å². The highest BCUT2D eigenvalue weighted by Gasteiger charge is 2.07. The zero-order chi connectivity index (χ0) is 9.40. The van der Waals surface area contributed by atoms with E-state index >= 15 is 0 Å². The van der Waals surface area contributed by atoms with Gasteiger partial charge in [0.2, 0.25) is 0 Å². The SMILES string of the molecule is C=CCC=C(C#N)C(=O)OCC. The molecule has 3 nitrogen and oxygen atoms in total. The summed E-state index contributed by atoms with van der Waals surface area (Å²) in [5.74, 6) is -0.568. The molecule has 0 aromatic rings. The van der Waals surface area contributed by atoms with Crippen molar-refractivity contribution in [2.75, 3.05) is 6.61 Å². The summed E-state index contributed by atoms with van der Waals surface area (Å²) >= 11 is 0. The third-order valence-electron chi connectivity index (χ3n) is 1.10. The molecule has 0 saturated heterocycles. The second kappa shape index (κ2) is 6.17. The first kappa shape index (κ1) is 10.4. The van der Waals surface area contributed by atoms with Gasteiger partial charge in [0.25, 0.3) is 0 Å². The van der Waals surface area contributed by atoms with Crippen LogP contribution in [0.4, 0.5) is 0 Å². The van der Waals surface area contributed by atoms with Gasteiger partial charge in [-0.15, -0.1) is 6.58 Å². The molecule has 0 fully saturated rings. The predicted molar refractivity (Wildman–Crippen MR) is 45.1 cm³/mol. The predicted octanol–water partition coefficient (Wildman–Crippen LogP) is 1.58. The van der Waals surface area contributed by atoms with E-state index in [0.29, 0.717) is 6.42 Å². The maximum atomic E-state index is 10.9. The number of esters is 1. The Labute approximate surface area is 71.9 Å². The van der Waals surface area contributed by atoms with Crippen molar-refractivity contribution in [3.05, 3.63) is 24.3 Å². The first-order valence-corrected chi connectivity index (χ1v) is 3.64. The lowest BCUT2D eigenvalue weighted by molar-refractivity contribution is -0.138. The first-order chi connectivity index (χ1) is 5.76. The fourth-order valence-electron chi connectivity index (χ4n) is 0.585. The van der Waals surface area contributed by atoms with Gasteiger partial charge in [0, 0.05) is 0 Å². The lowest BCUT2D eigenvalue weighted by Gasteiger charge is -1.97. The zero-order valence-corrected chi connectivity index (χ0v) is 7.04. The summed E-state index contributed by atoms with van der Waals surface area (Å²) in [4.78, 5) is 10.9. The van der Waals surface area contributed by atoms with Gasteiger partial charge in [-0.05, 0) is 13.3 Å². The smallest absolute Gasteiger partial charge is 0.348 e. The van der Waals surface area contributed by atoms with Crippen LogP contribution in [0.5, 0.6) is 0 Å². The topological polar surface area (TPSA) is 50.1 Å². The summed E-state index contributed by atoms with van der Waals surface area (Å²) < 4.78 is 4.63. The molecule has 0 aliphatic carbocycles. The number of nitriles is 1. The maximum absolute atomic E-state index is 10.9. The number of ether oxygens (including phenoxy) is 1. The number of rotatable bonds is 4. The lowest BCUT2D eigenvalue weighted by Crippen LogP contribution is -2.05. The van der Waals surface area contributed by atoms with Crippen LogP contribution in [-0.2, 0) is 9.53 Å². The Balaban J connectivity index is 4.25. The maximum Gasteiger partial charge on any atom is 0.348 e. The molecule has 0 bridgehead atoms. The summed E-state index contributed by atoms with van der Waals surface area (Å²) in [6, 6.07) is 1.76. The van der Waals surface area contributed by atoms with Gasteiger partial charge < -0.3 is 4.74 Å². The number of hydrogen-bond acceptors (Lipinski definition) is 3. The van der Waals surface area contributed by atoms with E-state index in [-0.39, 0.29) is 12.2 Å². The summed E-state index contributed by atoms with van der Waals surface area (Å²) in [5, 5.41) is 8.50. The molecule has 64 valence electrons. The Morgan fingerprint density at radius 3 is 2.83 bits per heavy atom. The van der Waals surface area contributed by atoms with Gasteiger partial charge in [-0.25, -0.2) is 4.79 Å². The normalized spacial score (nSPS) is 10.2. The fraction of sp³-hybridized carbons (Fsp3) is 0.333. The monoisotopic (exact) mass is 165 g/mol. The van der Waals surface area contributed by atoms with Crippen LogP contribution in [0, 0.1) is 11.3 Å². The molecule has 0 rings (SSSR count). The zero-order valence-electron chi connectivity index (χ0n) is 7.04. The van der Waals surface area contributed by atoms with Gasteiger partial charge >= 0.3 is 5.97 Å². The van der Waals surface area contributed by atoms with Crippen LogP contribution in [-0.4, -0.2) is 12.6 Å². The lowest BCUT2D eigenvalue weighted by atomic mass is 10.2. The van der Waals surface area contributed by atoms with Gasteiger partial charge in [-0.1, -0.05) is 12.2 Å². The van der Waals surface area contributed by atoms with Crippen molar-refractivity contribution in [3.8, 4) is 6.07 Å². The molecule has 0 unspecified atom stereocenters. The Hall–Kier alpha value is -1.56. The Bertz CT molecular complexity index is 235. The number of allylic oxidation sites excluding steroid dienone is 2. The van der Waals surface area contributed by atoms with Crippen molar-refractivity contribution in [2.45, 2.75) is 13.3 Å². The van der Waals surface area contributed by atoms with Crippen LogP contribution in [0.1, 0.15) is 13.3 Å². The van der Waals surface area contributed by atoms with Crippen LogP contribution in [0.3, 0.4) is 0 Å². The molecule has 0 aromatic carbocycles. The van der Waals surface area contributed by atoms with Gasteiger partial charge in [0.05, 0.1) is 6.61 Å². The highest BCUT2D eigenvalue weighted by molar-refractivity contribution is 5.92. The molecule has 0 aromatic heterocycles. The Kier molecular flexibility index (Phi) is 5.37. The summed E-state index contributed by atoms with van der Waals surface area (Å²) in [6.45, 7) is 5.44. The van der Waals surface area contributed by atoms with Crippen molar-refractivity contribution >= 4 is 5.97 Å². The van der Waals surface area contributed by atoms with Crippen LogP contribution in [0.2, 0.25) is 0 Å². The summed E-state index contributed by atoms with van der Waals surface area (Å²) in [6.07, 6.45) is 3.60. The molecule has 0 heterocycles. The van der Waals surface area contributed by atoms with Crippen molar-refractivity contribution in [1.82, 2.24) is 0 Å². The minimum Gasteiger partial charge on any atom is -0.462 e. The quantitative estimate of drug-likeness (QED) is 0.275. The van der Waals surface area contributed by atoms with Gasteiger partial charge in [0.1, 0.15) is 11.6 Å². The average molecular weight is 165 g/mol. The molecule has 0 atom stereocenters. The van der Waals surface area contributed by atoms with E-state index in [1.807, 2.05) is 0 Å². The van der Waals surface area contributed by atoms with Gasteiger partial charge in [0.15, 0.2) is 0 Å². The van der Waals surface area contributed by atoms with Crippen LogP contribution in [0.15, 0.2) is 24.3 Å². The van der Waals surface area contributed by atoms with Crippen LogP contribution in [0.25, 0.3) is 0 Å². The highest BCUT2D eigenvalue weighted by atomic mass is 16.5. The Morgan fingerprint density at radius 1 is 1.75 bits per heavy atom. The van der Waals surface area contributed by atoms with E-state index < -0.39 is 5.97 Å². The molecule has 0 radical (unpaired) electrons. The molecule has 0 spiro atoms. The van der Waals surface area contributed by atoms with Crippen molar-refractivity contribution in [1.29, 1.82) is 5.26 Å². The van der Waals surface area contributed by atoms with Crippen molar-refractivity contribution in [2.24, 2.45) is 0 Å². The summed E-state index contributed by atoms with van der Waals surface area (Å²) in [7, 11) is 0. The number of carbonyl (C=O) groups is 1. The second-order valence-corrected chi connectivity index (χ2v) is 1.97. The Morgan fingerprint density at radius 2 is 2.42 bits per heavy atom. The molecular formula is C9H11NO2. The summed E-state index contributed by atoms with van der Waals surface area (Å²) in [5.41, 5.74) is 0.0387. The van der Waals surface area contributed by atoms with E-state index in [0.717, 1.165) is 0 Å². The first-order valence-electron chi connectivity index (χ1n) is 3.64. The van der Waals surface area contributed by atoms with E-state index in [1.165, 1.54) is 6.08 Å². The van der Waals surface area contributed by atoms with Gasteiger partial charge in [-0.3, -0.25) is 0 Å². The minimum absolute atomic E-state index is 0.0387. The third kappa shape index (κ3) is 3.57. The molecule has 12 heavy (non-hydrogen) atoms.